The van der Waals surface area contributed by atoms with Crippen LogP contribution in [0.25, 0.3) is 16.7 Å². The summed E-state index contributed by atoms with van der Waals surface area (Å²) in [5.41, 5.74) is 3.44. The van der Waals surface area contributed by atoms with E-state index in [4.69, 9.17) is 0 Å². The number of H-pyrrole nitrogens is 1. The number of hydrogen-bond donors (Lipinski definition) is 2. The molecule has 2 N–H and O–H groups in total. The van der Waals surface area contributed by atoms with Crippen molar-refractivity contribution in [3.8, 4) is 0 Å². The zero-order valence-corrected chi connectivity index (χ0v) is 17.3. The van der Waals surface area contributed by atoms with Crippen molar-refractivity contribution in [1.82, 2.24) is 9.88 Å². The second kappa shape index (κ2) is 8.19. The van der Waals surface area contributed by atoms with Crippen LogP contribution in [-0.2, 0) is 9.59 Å². The fourth-order valence-corrected chi connectivity index (χ4v) is 4.24. The molecule has 1 aliphatic heterocycles. The molecule has 0 spiro atoms. The lowest BCUT2D eigenvalue weighted by Crippen LogP contribution is -2.30. The van der Waals surface area contributed by atoms with Crippen LogP contribution in [0.15, 0.2) is 60.3 Å². The van der Waals surface area contributed by atoms with Gasteiger partial charge in [0.2, 0.25) is 0 Å². The molecule has 30 heavy (non-hydrogen) atoms. The lowest BCUT2D eigenvalue weighted by Gasteiger charge is -2.25. The van der Waals surface area contributed by atoms with E-state index in [1.165, 1.54) is 0 Å². The number of carbonyl (C=O) groups excluding carboxylic acids is 2. The van der Waals surface area contributed by atoms with Gasteiger partial charge in [-0.3, -0.25) is 9.59 Å². The van der Waals surface area contributed by atoms with Gasteiger partial charge in [0.15, 0.2) is 0 Å². The molecule has 3 aromatic rings. The maximum atomic E-state index is 13.1. The second-order valence-electron chi connectivity index (χ2n) is 7.86. The van der Waals surface area contributed by atoms with Crippen molar-refractivity contribution in [3.05, 3.63) is 77.0 Å². The monoisotopic (exact) mass is 402 g/mol. The molecule has 1 saturated heterocycles. The normalized spacial score (nSPS) is 18.5. The summed E-state index contributed by atoms with van der Waals surface area (Å²) >= 11 is 0. The maximum Gasteiger partial charge on any atom is 0.295 e. The summed E-state index contributed by atoms with van der Waals surface area (Å²) in [7, 11) is 0. The van der Waals surface area contributed by atoms with Gasteiger partial charge in [-0.05, 0) is 25.0 Å². The minimum absolute atomic E-state index is 0.129. The number of aromatic nitrogens is 1. The van der Waals surface area contributed by atoms with Gasteiger partial charge in [-0.2, -0.15) is 0 Å². The van der Waals surface area contributed by atoms with Crippen molar-refractivity contribution < 1.29 is 14.7 Å². The first kappa shape index (κ1) is 20.0. The average molecular weight is 402 g/mol. The summed E-state index contributed by atoms with van der Waals surface area (Å²) in [6, 6.07) is 14.8. The van der Waals surface area contributed by atoms with E-state index in [1.807, 2.05) is 55.5 Å². The first-order valence-electron chi connectivity index (χ1n) is 10.4. The Bertz CT molecular complexity index is 1140. The van der Waals surface area contributed by atoms with Crippen molar-refractivity contribution in [2.24, 2.45) is 0 Å². The minimum Gasteiger partial charge on any atom is -0.507 e. The molecule has 1 fully saturated rings. The van der Waals surface area contributed by atoms with Crippen LogP contribution in [-0.4, -0.2) is 33.2 Å². The number of aliphatic hydroxyl groups is 1. The Morgan fingerprint density at radius 3 is 2.67 bits per heavy atom. The molecule has 2 aromatic carbocycles. The SMILES string of the molecule is CCCCCN1C(=O)C(=O)/C(=C(\O)c2c[nH]c3ccccc23)C1c1cccc(C)c1. The number of aliphatic hydroxyl groups excluding tert-OH is 1. The predicted molar refractivity (Wildman–Crippen MR) is 118 cm³/mol. The number of hydrogen-bond acceptors (Lipinski definition) is 3. The molecule has 1 amide bonds. The third-order valence-corrected chi connectivity index (χ3v) is 5.74. The van der Waals surface area contributed by atoms with E-state index in [9.17, 15) is 14.7 Å². The highest BCUT2D eigenvalue weighted by Crippen LogP contribution is 2.40. The molecule has 0 radical (unpaired) electrons. The molecule has 5 nitrogen and oxygen atoms in total. The largest absolute Gasteiger partial charge is 0.507 e. The van der Waals surface area contributed by atoms with Gasteiger partial charge in [0.1, 0.15) is 5.76 Å². The van der Waals surface area contributed by atoms with E-state index >= 15 is 0 Å². The molecule has 2 heterocycles. The Hall–Kier alpha value is -3.34. The van der Waals surface area contributed by atoms with Crippen molar-refractivity contribution in [2.75, 3.05) is 6.54 Å². The van der Waals surface area contributed by atoms with Gasteiger partial charge in [0.25, 0.3) is 11.7 Å². The van der Waals surface area contributed by atoms with Crippen LogP contribution in [0.1, 0.15) is 48.9 Å². The highest BCUT2D eigenvalue weighted by Gasteiger charge is 2.45. The maximum absolute atomic E-state index is 13.1. The van der Waals surface area contributed by atoms with Crippen LogP contribution in [0.5, 0.6) is 0 Å². The fraction of sp³-hybridized carbons (Fsp3) is 0.280. The molecule has 5 heteroatoms. The first-order valence-corrected chi connectivity index (χ1v) is 10.4. The van der Waals surface area contributed by atoms with Gasteiger partial charge >= 0.3 is 0 Å². The Morgan fingerprint density at radius 1 is 1.10 bits per heavy atom. The standard InChI is InChI=1S/C25H26N2O3/c1-3-4-7-13-27-22(17-10-8-9-16(2)14-17)21(24(29)25(27)30)23(28)19-15-26-20-12-6-5-11-18(19)20/h5-6,8-12,14-15,22,26,28H,3-4,7,13H2,1-2H3/b23-21-. The molecule has 1 aliphatic rings. The van der Waals surface area contributed by atoms with Crippen LogP contribution in [0.3, 0.4) is 0 Å². The highest BCUT2D eigenvalue weighted by molar-refractivity contribution is 6.46. The number of nitrogens with zero attached hydrogens (tertiary/aromatic N) is 1. The van der Waals surface area contributed by atoms with Crippen LogP contribution >= 0.6 is 0 Å². The number of ketones is 1. The van der Waals surface area contributed by atoms with Crippen molar-refractivity contribution in [2.45, 2.75) is 39.2 Å². The fourth-order valence-electron chi connectivity index (χ4n) is 4.24. The number of para-hydroxylation sites is 1. The van der Waals surface area contributed by atoms with Gasteiger partial charge < -0.3 is 15.0 Å². The zero-order valence-electron chi connectivity index (χ0n) is 17.3. The number of aryl methyl sites for hydroxylation is 1. The van der Waals surface area contributed by atoms with E-state index in [0.29, 0.717) is 12.1 Å². The number of amides is 1. The summed E-state index contributed by atoms with van der Waals surface area (Å²) in [6.45, 7) is 4.57. The van der Waals surface area contributed by atoms with E-state index in [0.717, 1.165) is 41.3 Å². The van der Waals surface area contributed by atoms with Gasteiger partial charge in [0.05, 0.1) is 11.6 Å². The number of aromatic amines is 1. The third-order valence-electron chi connectivity index (χ3n) is 5.74. The van der Waals surface area contributed by atoms with Gasteiger partial charge in [-0.15, -0.1) is 0 Å². The van der Waals surface area contributed by atoms with E-state index in [-0.39, 0.29) is 11.3 Å². The molecule has 4 rings (SSSR count). The van der Waals surface area contributed by atoms with Crippen LogP contribution in [0, 0.1) is 6.92 Å². The molecule has 154 valence electrons. The van der Waals surface area contributed by atoms with Crippen molar-refractivity contribution in [1.29, 1.82) is 0 Å². The first-order chi connectivity index (χ1) is 14.5. The number of likely N-dealkylation sites (tertiary alicyclic amines) is 1. The Morgan fingerprint density at radius 2 is 1.90 bits per heavy atom. The number of rotatable bonds is 6. The lowest BCUT2D eigenvalue weighted by molar-refractivity contribution is -0.139. The van der Waals surface area contributed by atoms with E-state index in [2.05, 4.69) is 11.9 Å². The van der Waals surface area contributed by atoms with E-state index in [1.54, 1.807) is 11.1 Å². The molecular formula is C25H26N2O3. The topological polar surface area (TPSA) is 73.4 Å². The molecule has 0 aliphatic carbocycles. The second-order valence-corrected chi connectivity index (χ2v) is 7.86. The van der Waals surface area contributed by atoms with Crippen LogP contribution in [0.2, 0.25) is 0 Å². The summed E-state index contributed by atoms with van der Waals surface area (Å²) < 4.78 is 0. The molecule has 1 unspecified atom stereocenters. The number of carbonyl (C=O) groups is 2. The lowest BCUT2D eigenvalue weighted by atomic mass is 9.94. The Labute approximate surface area is 176 Å². The molecular weight excluding hydrogens is 376 g/mol. The van der Waals surface area contributed by atoms with Crippen molar-refractivity contribution >= 4 is 28.4 Å². The highest BCUT2D eigenvalue weighted by atomic mass is 16.3. The Kier molecular flexibility index (Phi) is 5.44. The smallest absolute Gasteiger partial charge is 0.295 e. The van der Waals surface area contributed by atoms with E-state index < -0.39 is 17.7 Å². The molecule has 0 saturated carbocycles. The minimum atomic E-state index is -0.624. The number of nitrogens with one attached hydrogen (secondary N) is 1. The third kappa shape index (κ3) is 3.41. The zero-order chi connectivity index (χ0) is 21.3. The summed E-state index contributed by atoms with van der Waals surface area (Å²) in [4.78, 5) is 30.8. The molecule has 1 atom stereocenters. The van der Waals surface area contributed by atoms with Gasteiger partial charge in [0, 0.05) is 29.2 Å². The predicted octanol–water partition coefficient (Wildman–Crippen LogP) is 5.09. The molecule has 1 aromatic heterocycles. The summed E-state index contributed by atoms with van der Waals surface area (Å²) in [5, 5.41) is 12.1. The van der Waals surface area contributed by atoms with Crippen LogP contribution in [0.4, 0.5) is 0 Å². The van der Waals surface area contributed by atoms with Crippen molar-refractivity contribution in [3.63, 3.8) is 0 Å². The Balaban J connectivity index is 1.88. The number of unbranched alkanes of at least 4 members (excludes halogenated alkanes) is 2. The number of fused-ring (bicyclic) bond motifs is 1. The average Bonchev–Trinajstić information content (AvgIpc) is 3.28. The quantitative estimate of drug-likeness (QED) is 0.261. The number of Topliss-reactive ketones (excluding diaryl/α,β-unsaturated/α-hetero) is 1. The molecule has 0 bridgehead atoms. The number of benzene rings is 2. The van der Waals surface area contributed by atoms with Gasteiger partial charge in [-0.25, -0.2) is 0 Å². The van der Waals surface area contributed by atoms with Gasteiger partial charge in [-0.1, -0.05) is 67.8 Å². The van der Waals surface area contributed by atoms with Crippen LogP contribution < -0.4 is 0 Å². The summed E-state index contributed by atoms with van der Waals surface area (Å²) in [5.74, 6) is -1.30. The summed E-state index contributed by atoms with van der Waals surface area (Å²) in [6.07, 6.45) is 4.51.